The smallest absolute Gasteiger partial charge is 0.137 e. The molecule has 0 aliphatic heterocycles. The molecule has 1 aromatic heterocycles. The van der Waals surface area contributed by atoms with Crippen molar-refractivity contribution in [2.24, 2.45) is 0 Å². The van der Waals surface area contributed by atoms with Crippen molar-refractivity contribution in [3.63, 3.8) is 0 Å². The summed E-state index contributed by atoms with van der Waals surface area (Å²) < 4.78 is 1.10. The molecule has 0 fully saturated rings. The molecule has 3 heteroatoms. The van der Waals surface area contributed by atoms with E-state index in [1.807, 2.05) is 13.1 Å². The van der Waals surface area contributed by atoms with Crippen LogP contribution in [0, 0.1) is 6.92 Å². The molecule has 0 radical (unpaired) electrons. The summed E-state index contributed by atoms with van der Waals surface area (Å²) in [4.78, 5) is 7.59. The minimum Gasteiger partial charge on any atom is -0.342 e. The highest BCUT2D eigenvalue weighted by Crippen LogP contribution is 2.24. The molecule has 0 atom stereocenters. The highest BCUT2D eigenvalue weighted by atomic mass is 79.9. The molecule has 0 saturated carbocycles. The van der Waals surface area contributed by atoms with Gasteiger partial charge in [0.2, 0.25) is 0 Å². The number of H-pyrrole nitrogens is 1. The van der Waals surface area contributed by atoms with Crippen LogP contribution < -0.4 is 0 Å². The highest BCUT2D eigenvalue weighted by Gasteiger charge is 2.03. The van der Waals surface area contributed by atoms with Crippen LogP contribution in [-0.2, 0) is 0 Å². The maximum atomic E-state index is 4.35. The van der Waals surface area contributed by atoms with Crippen molar-refractivity contribution in [3.05, 3.63) is 52.8 Å². The standard InChI is InChI=1S/C14H11BrN2/c1-9-8-16-14(17-9)12-3-2-11-7-13(15)5-4-10(11)6-12/h2-8H,1H3,(H,16,17). The molecule has 0 aliphatic rings. The van der Waals surface area contributed by atoms with Gasteiger partial charge in [-0.05, 0) is 35.9 Å². The van der Waals surface area contributed by atoms with Gasteiger partial charge >= 0.3 is 0 Å². The van der Waals surface area contributed by atoms with Gasteiger partial charge < -0.3 is 4.98 Å². The number of rotatable bonds is 1. The number of benzene rings is 2. The third-order valence-electron chi connectivity index (χ3n) is 2.78. The predicted octanol–water partition coefficient (Wildman–Crippen LogP) is 4.30. The SMILES string of the molecule is Cc1cnc(-c2ccc3cc(Br)ccc3c2)[nH]1. The van der Waals surface area contributed by atoms with Crippen LogP contribution in [-0.4, -0.2) is 9.97 Å². The molecule has 1 heterocycles. The van der Waals surface area contributed by atoms with E-state index in [0.29, 0.717) is 0 Å². The van der Waals surface area contributed by atoms with Crippen molar-refractivity contribution in [3.8, 4) is 11.4 Å². The minimum absolute atomic E-state index is 0.923. The molecule has 0 aliphatic carbocycles. The van der Waals surface area contributed by atoms with Crippen molar-refractivity contribution in [2.75, 3.05) is 0 Å². The highest BCUT2D eigenvalue weighted by molar-refractivity contribution is 9.10. The Bertz CT molecular complexity index is 686. The second kappa shape index (κ2) is 4.00. The lowest BCUT2D eigenvalue weighted by molar-refractivity contribution is 1.26. The van der Waals surface area contributed by atoms with Gasteiger partial charge in [-0.25, -0.2) is 4.98 Å². The van der Waals surface area contributed by atoms with E-state index in [4.69, 9.17) is 0 Å². The van der Waals surface area contributed by atoms with E-state index in [1.54, 1.807) is 0 Å². The Morgan fingerprint density at radius 3 is 2.59 bits per heavy atom. The van der Waals surface area contributed by atoms with E-state index in [9.17, 15) is 0 Å². The van der Waals surface area contributed by atoms with Crippen LogP contribution in [0.3, 0.4) is 0 Å². The van der Waals surface area contributed by atoms with Crippen LogP contribution in [0.25, 0.3) is 22.2 Å². The second-order valence-electron chi connectivity index (χ2n) is 4.12. The summed E-state index contributed by atoms with van der Waals surface area (Å²) in [5.74, 6) is 0.923. The first-order valence-corrected chi connectivity index (χ1v) is 6.23. The van der Waals surface area contributed by atoms with Gasteiger partial charge in [-0.2, -0.15) is 0 Å². The zero-order valence-corrected chi connectivity index (χ0v) is 11.0. The van der Waals surface area contributed by atoms with Crippen LogP contribution >= 0.6 is 15.9 Å². The fourth-order valence-electron chi connectivity index (χ4n) is 1.92. The molecule has 0 spiro atoms. The minimum atomic E-state index is 0.923. The summed E-state index contributed by atoms with van der Waals surface area (Å²) >= 11 is 3.48. The lowest BCUT2D eigenvalue weighted by Crippen LogP contribution is -1.81. The quantitative estimate of drug-likeness (QED) is 0.710. The normalized spacial score (nSPS) is 10.9. The average molecular weight is 287 g/mol. The maximum Gasteiger partial charge on any atom is 0.137 e. The van der Waals surface area contributed by atoms with Crippen molar-refractivity contribution >= 4 is 26.7 Å². The van der Waals surface area contributed by atoms with E-state index in [0.717, 1.165) is 21.6 Å². The summed E-state index contributed by atoms with van der Waals surface area (Å²) in [6.07, 6.45) is 1.85. The largest absolute Gasteiger partial charge is 0.342 e. The molecule has 0 amide bonds. The summed E-state index contributed by atoms with van der Waals surface area (Å²) in [5, 5.41) is 2.45. The third kappa shape index (κ3) is 1.98. The van der Waals surface area contributed by atoms with Gasteiger partial charge in [0.1, 0.15) is 5.82 Å². The molecule has 17 heavy (non-hydrogen) atoms. The molecular weight excluding hydrogens is 276 g/mol. The molecule has 3 rings (SSSR count). The van der Waals surface area contributed by atoms with Gasteiger partial charge in [0.05, 0.1) is 0 Å². The van der Waals surface area contributed by atoms with Crippen molar-refractivity contribution in [1.29, 1.82) is 0 Å². The zero-order chi connectivity index (χ0) is 11.8. The van der Waals surface area contributed by atoms with Gasteiger partial charge in [-0.15, -0.1) is 0 Å². The summed E-state index contributed by atoms with van der Waals surface area (Å²) in [6.45, 7) is 2.01. The number of aromatic amines is 1. The van der Waals surface area contributed by atoms with Crippen LogP contribution in [0.15, 0.2) is 47.1 Å². The van der Waals surface area contributed by atoms with Gasteiger partial charge in [-0.3, -0.25) is 0 Å². The molecule has 0 unspecified atom stereocenters. The molecular formula is C14H11BrN2. The molecule has 0 bridgehead atoms. The van der Waals surface area contributed by atoms with Gasteiger partial charge in [0.15, 0.2) is 0 Å². The number of nitrogens with one attached hydrogen (secondary N) is 1. The van der Waals surface area contributed by atoms with E-state index in [1.165, 1.54) is 10.8 Å². The molecule has 1 N–H and O–H groups in total. The molecule has 3 aromatic rings. The zero-order valence-electron chi connectivity index (χ0n) is 9.37. The van der Waals surface area contributed by atoms with Crippen molar-refractivity contribution in [2.45, 2.75) is 6.92 Å². The van der Waals surface area contributed by atoms with Crippen LogP contribution in [0.4, 0.5) is 0 Å². The van der Waals surface area contributed by atoms with Crippen LogP contribution in [0.2, 0.25) is 0 Å². The number of hydrogen-bond acceptors (Lipinski definition) is 1. The Balaban J connectivity index is 2.16. The summed E-state index contributed by atoms with van der Waals surface area (Å²) in [7, 11) is 0. The Hall–Kier alpha value is -1.61. The van der Waals surface area contributed by atoms with Gasteiger partial charge in [-0.1, -0.05) is 34.1 Å². The number of imidazole rings is 1. The number of aromatic nitrogens is 2. The first-order valence-electron chi connectivity index (χ1n) is 5.44. The van der Waals surface area contributed by atoms with Crippen LogP contribution in [0.1, 0.15) is 5.69 Å². The van der Waals surface area contributed by atoms with Crippen molar-refractivity contribution in [1.82, 2.24) is 9.97 Å². The van der Waals surface area contributed by atoms with E-state index < -0.39 is 0 Å². The summed E-state index contributed by atoms with van der Waals surface area (Å²) in [5.41, 5.74) is 2.20. The third-order valence-corrected chi connectivity index (χ3v) is 3.27. The first-order chi connectivity index (χ1) is 8.22. The topological polar surface area (TPSA) is 28.7 Å². The Morgan fingerprint density at radius 2 is 1.82 bits per heavy atom. The lowest BCUT2D eigenvalue weighted by atomic mass is 10.1. The monoisotopic (exact) mass is 286 g/mol. The Labute approximate surface area is 108 Å². The first kappa shape index (κ1) is 10.5. The molecule has 84 valence electrons. The fourth-order valence-corrected chi connectivity index (χ4v) is 2.30. The van der Waals surface area contributed by atoms with E-state index in [2.05, 4.69) is 62.3 Å². The predicted molar refractivity (Wildman–Crippen MR) is 74.0 cm³/mol. The number of nitrogens with zero attached hydrogens (tertiary/aromatic N) is 1. The average Bonchev–Trinajstić information content (AvgIpc) is 2.75. The lowest BCUT2D eigenvalue weighted by Gasteiger charge is -2.02. The number of fused-ring (bicyclic) bond motifs is 1. The van der Waals surface area contributed by atoms with E-state index in [-0.39, 0.29) is 0 Å². The Kier molecular flexibility index (Phi) is 2.48. The fraction of sp³-hybridized carbons (Fsp3) is 0.0714. The molecule has 2 nitrogen and oxygen atoms in total. The van der Waals surface area contributed by atoms with Gasteiger partial charge in [0, 0.05) is 21.9 Å². The number of hydrogen-bond donors (Lipinski definition) is 1. The molecule has 2 aromatic carbocycles. The molecule has 0 saturated heterocycles. The van der Waals surface area contributed by atoms with E-state index >= 15 is 0 Å². The van der Waals surface area contributed by atoms with Gasteiger partial charge in [0.25, 0.3) is 0 Å². The van der Waals surface area contributed by atoms with Crippen LogP contribution in [0.5, 0.6) is 0 Å². The number of aryl methyl sites for hydroxylation is 1. The Morgan fingerprint density at radius 1 is 1.06 bits per heavy atom. The second-order valence-corrected chi connectivity index (χ2v) is 5.04. The number of halogens is 1. The van der Waals surface area contributed by atoms with Crippen molar-refractivity contribution < 1.29 is 0 Å². The summed E-state index contributed by atoms with van der Waals surface area (Å²) in [6, 6.07) is 12.6. The maximum absolute atomic E-state index is 4.35.